The number of hydrogen-bond acceptors (Lipinski definition) is 4. The van der Waals surface area contributed by atoms with Crippen LogP contribution in [0.2, 0.25) is 0 Å². The van der Waals surface area contributed by atoms with Crippen LogP contribution in [0.15, 0.2) is 90.2 Å². The second-order valence-electron chi connectivity index (χ2n) is 5.07. The number of ether oxygens (including phenoxy) is 2. The first-order chi connectivity index (χ1) is 11.7. The minimum absolute atomic E-state index is 0.136. The topological polar surface area (TPSA) is 68.7 Å². The molecular formula is C19H15NO4. The van der Waals surface area contributed by atoms with Gasteiger partial charge in [0, 0.05) is 12.6 Å². The van der Waals surface area contributed by atoms with Crippen LogP contribution in [0.5, 0.6) is 11.5 Å². The number of aromatic nitrogens is 1. The highest BCUT2D eigenvalue weighted by atomic mass is 16.5. The Bertz CT molecular complexity index is 808. The highest BCUT2D eigenvalue weighted by Gasteiger charge is 2.19. The zero-order valence-corrected chi connectivity index (χ0v) is 12.8. The quantitative estimate of drug-likeness (QED) is 0.850. The van der Waals surface area contributed by atoms with Crippen molar-refractivity contribution >= 4 is 5.97 Å². The summed E-state index contributed by atoms with van der Waals surface area (Å²) in [5.74, 6) is 0.549. The number of carboxylic acids is 1. The molecule has 3 rings (SSSR count). The van der Waals surface area contributed by atoms with Crippen molar-refractivity contribution < 1.29 is 19.4 Å². The van der Waals surface area contributed by atoms with E-state index in [2.05, 4.69) is 4.98 Å². The number of pyridine rings is 1. The molecule has 0 aliphatic heterocycles. The molecular weight excluding hydrogens is 306 g/mol. The number of aliphatic carboxylic acids is 1. The van der Waals surface area contributed by atoms with Gasteiger partial charge in [0.25, 0.3) is 0 Å². The molecule has 1 aliphatic carbocycles. The molecule has 1 aliphatic rings. The first-order valence-electron chi connectivity index (χ1n) is 7.35. The van der Waals surface area contributed by atoms with Gasteiger partial charge in [-0.3, -0.25) is 4.98 Å². The average Bonchev–Trinajstić information content (AvgIpc) is 2.62. The van der Waals surface area contributed by atoms with E-state index in [-0.39, 0.29) is 5.57 Å². The van der Waals surface area contributed by atoms with Gasteiger partial charge in [0.1, 0.15) is 17.3 Å². The van der Waals surface area contributed by atoms with E-state index in [1.165, 1.54) is 6.08 Å². The standard InChI is InChI=1S/C19H15NO4/c21-19(22)17-9-8-14(13-23-16-7-4-10-20-12-16)11-18(17)24-15-5-2-1-3-6-15/h1-10,12-13H,11H2,(H,21,22). The Morgan fingerprint density at radius 1 is 1.08 bits per heavy atom. The number of hydrogen-bond donors (Lipinski definition) is 1. The Hall–Kier alpha value is -3.34. The lowest BCUT2D eigenvalue weighted by Gasteiger charge is -2.16. The first-order valence-corrected chi connectivity index (χ1v) is 7.35. The summed E-state index contributed by atoms with van der Waals surface area (Å²) in [5.41, 5.74) is 0.937. The molecule has 1 heterocycles. The maximum absolute atomic E-state index is 11.4. The van der Waals surface area contributed by atoms with Gasteiger partial charge in [0.2, 0.25) is 0 Å². The summed E-state index contributed by atoms with van der Waals surface area (Å²) in [6.45, 7) is 0. The molecule has 0 spiro atoms. The van der Waals surface area contributed by atoms with Gasteiger partial charge in [-0.15, -0.1) is 0 Å². The maximum Gasteiger partial charge on any atom is 0.339 e. The molecule has 0 saturated carbocycles. The summed E-state index contributed by atoms with van der Waals surface area (Å²) >= 11 is 0. The van der Waals surface area contributed by atoms with Crippen molar-refractivity contribution in [2.24, 2.45) is 0 Å². The lowest BCUT2D eigenvalue weighted by atomic mass is 10.0. The Morgan fingerprint density at radius 2 is 1.88 bits per heavy atom. The van der Waals surface area contributed by atoms with Gasteiger partial charge >= 0.3 is 5.97 Å². The smallest absolute Gasteiger partial charge is 0.339 e. The second kappa shape index (κ2) is 7.28. The predicted molar refractivity (Wildman–Crippen MR) is 88.4 cm³/mol. The van der Waals surface area contributed by atoms with E-state index in [9.17, 15) is 9.90 Å². The molecule has 2 aromatic rings. The zero-order chi connectivity index (χ0) is 16.8. The van der Waals surface area contributed by atoms with Crippen LogP contribution in [0.25, 0.3) is 0 Å². The van der Waals surface area contributed by atoms with Crippen molar-refractivity contribution in [2.45, 2.75) is 6.42 Å². The highest BCUT2D eigenvalue weighted by molar-refractivity contribution is 5.91. The molecule has 1 aromatic carbocycles. The fourth-order valence-corrected chi connectivity index (χ4v) is 2.18. The van der Waals surface area contributed by atoms with Gasteiger partial charge in [-0.1, -0.05) is 24.3 Å². The maximum atomic E-state index is 11.4. The van der Waals surface area contributed by atoms with Crippen LogP contribution in [0.1, 0.15) is 6.42 Å². The highest BCUT2D eigenvalue weighted by Crippen LogP contribution is 2.27. The Labute approximate surface area is 139 Å². The fourth-order valence-electron chi connectivity index (χ4n) is 2.18. The number of rotatable bonds is 5. The number of para-hydroxylation sites is 1. The third-order valence-corrected chi connectivity index (χ3v) is 3.32. The van der Waals surface area contributed by atoms with Gasteiger partial charge in [0.05, 0.1) is 18.0 Å². The molecule has 24 heavy (non-hydrogen) atoms. The van der Waals surface area contributed by atoms with Crippen LogP contribution in [0, 0.1) is 0 Å². The molecule has 5 nitrogen and oxygen atoms in total. The van der Waals surface area contributed by atoms with Crippen molar-refractivity contribution in [1.82, 2.24) is 4.98 Å². The Balaban J connectivity index is 1.79. The van der Waals surface area contributed by atoms with E-state index < -0.39 is 5.97 Å². The van der Waals surface area contributed by atoms with E-state index in [4.69, 9.17) is 9.47 Å². The summed E-state index contributed by atoms with van der Waals surface area (Å²) in [6, 6.07) is 12.6. The van der Waals surface area contributed by atoms with Crippen molar-refractivity contribution in [3.05, 3.63) is 90.2 Å². The average molecular weight is 321 g/mol. The van der Waals surface area contributed by atoms with Gasteiger partial charge in [-0.2, -0.15) is 0 Å². The van der Waals surface area contributed by atoms with Crippen LogP contribution in [-0.4, -0.2) is 16.1 Å². The molecule has 0 unspecified atom stereocenters. The third-order valence-electron chi connectivity index (χ3n) is 3.32. The van der Waals surface area contributed by atoms with E-state index in [0.29, 0.717) is 23.7 Å². The molecule has 0 radical (unpaired) electrons. The first kappa shape index (κ1) is 15.6. The molecule has 0 bridgehead atoms. The summed E-state index contributed by atoms with van der Waals surface area (Å²) in [4.78, 5) is 15.4. The Kier molecular flexibility index (Phi) is 4.72. The SMILES string of the molecule is O=C(O)C1=C(Oc2ccccc2)CC(=COc2cccnc2)C=C1. The molecule has 5 heteroatoms. The molecule has 120 valence electrons. The normalized spacial score (nSPS) is 15.4. The number of benzene rings is 1. The van der Waals surface area contributed by atoms with Crippen LogP contribution >= 0.6 is 0 Å². The van der Waals surface area contributed by atoms with Gasteiger partial charge < -0.3 is 14.6 Å². The van der Waals surface area contributed by atoms with Gasteiger partial charge in [-0.25, -0.2) is 4.79 Å². The lowest BCUT2D eigenvalue weighted by molar-refractivity contribution is -0.132. The van der Waals surface area contributed by atoms with Crippen molar-refractivity contribution in [1.29, 1.82) is 0 Å². The summed E-state index contributed by atoms with van der Waals surface area (Å²) in [6.07, 6.45) is 8.38. The van der Waals surface area contributed by atoms with E-state index >= 15 is 0 Å². The minimum atomic E-state index is -1.02. The largest absolute Gasteiger partial charge is 0.478 e. The fraction of sp³-hybridized carbons (Fsp3) is 0.0526. The number of carboxylic acid groups (broad SMARTS) is 1. The van der Waals surface area contributed by atoms with E-state index in [0.717, 1.165) is 5.57 Å². The lowest BCUT2D eigenvalue weighted by Crippen LogP contribution is -2.11. The van der Waals surface area contributed by atoms with Crippen molar-refractivity contribution in [3.63, 3.8) is 0 Å². The molecule has 0 fully saturated rings. The summed E-state index contributed by atoms with van der Waals surface area (Å²) in [5, 5.41) is 9.33. The monoisotopic (exact) mass is 321 g/mol. The van der Waals surface area contributed by atoms with Crippen molar-refractivity contribution in [3.8, 4) is 11.5 Å². The minimum Gasteiger partial charge on any atom is -0.478 e. The van der Waals surface area contributed by atoms with Gasteiger partial charge in [0.15, 0.2) is 0 Å². The van der Waals surface area contributed by atoms with E-state index in [1.807, 2.05) is 18.2 Å². The van der Waals surface area contributed by atoms with Crippen molar-refractivity contribution in [2.75, 3.05) is 0 Å². The third kappa shape index (κ3) is 3.89. The predicted octanol–water partition coefficient (Wildman–Crippen LogP) is 3.72. The number of carbonyl (C=O) groups is 1. The molecule has 0 atom stereocenters. The zero-order valence-electron chi connectivity index (χ0n) is 12.8. The van der Waals surface area contributed by atoms with Crippen LogP contribution in [0.4, 0.5) is 0 Å². The number of allylic oxidation sites excluding steroid dienone is 2. The molecule has 1 aromatic heterocycles. The second-order valence-corrected chi connectivity index (χ2v) is 5.07. The van der Waals surface area contributed by atoms with E-state index in [1.54, 1.807) is 49.0 Å². The molecule has 0 saturated heterocycles. The molecule has 0 amide bonds. The summed E-state index contributed by atoms with van der Waals surface area (Å²) in [7, 11) is 0. The number of nitrogens with zero attached hydrogens (tertiary/aromatic N) is 1. The molecule has 1 N–H and O–H groups in total. The Morgan fingerprint density at radius 3 is 2.58 bits per heavy atom. The van der Waals surface area contributed by atoms with Crippen LogP contribution in [-0.2, 0) is 4.79 Å². The van der Waals surface area contributed by atoms with Gasteiger partial charge in [-0.05, 0) is 35.9 Å². The van der Waals surface area contributed by atoms with Crippen LogP contribution in [0.3, 0.4) is 0 Å². The summed E-state index contributed by atoms with van der Waals surface area (Å²) < 4.78 is 11.3. The van der Waals surface area contributed by atoms with Crippen LogP contribution < -0.4 is 9.47 Å².